The van der Waals surface area contributed by atoms with Gasteiger partial charge in [-0.15, -0.1) is 0 Å². The monoisotopic (exact) mass is 440 g/mol. The Morgan fingerprint density at radius 1 is 0.875 bits per heavy atom. The van der Waals surface area contributed by atoms with Crippen molar-refractivity contribution in [3.8, 4) is 5.75 Å². The van der Waals surface area contributed by atoms with Gasteiger partial charge in [0.05, 0.1) is 7.11 Å². The summed E-state index contributed by atoms with van der Waals surface area (Å²) in [7, 11) is 1.45. The first kappa shape index (κ1) is 21.2. The van der Waals surface area contributed by atoms with Gasteiger partial charge in [-0.05, 0) is 56.1 Å². The van der Waals surface area contributed by atoms with E-state index < -0.39 is 5.82 Å². The number of fused-ring (bicyclic) bond motifs is 2. The number of halogens is 1. The molecule has 1 heterocycles. The molecule has 5 rings (SSSR count). The molecule has 3 atom stereocenters. The standard InChI is InChI=1S/C24H33FN6O/c1-32-21-11-10-18(14-19(21)25)27-23-29-22(26-17-6-4-2-3-5-7-17)30-24(31-23)28-20-13-15-8-9-16(20)12-15/h10-11,14-17,20H,2-9,12-13H2,1H3,(H3,26,27,28,29,30,31). The van der Waals surface area contributed by atoms with Crippen LogP contribution >= 0.6 is 0 Å². The summed E-state index contributed by atoms with van der Waals surface area (Å²) in [5, 5.41) is 10.3. The van der Waals surface area contributed by atoms with Gasteiger partial charge in [-0.2, -0.15) is 15.0 Å². The highest BCUT2D eigenvalue weighted by Crippen LogP contribution is 2.45. The second-order valence-electron chi connectivity index (χ2n) is 9.54. The number of methoxy groups -OCH3 is 1. The van der Waals surface area contributed by atoms with Crippen LogP contribution in [0.5, 0.6) is 5.75 Å². The molecule has 0 amide bonds. The Labute approximate surface area is 189 Å². The fraction of sp³-hybridized carbons (Fsp3) is 0.625. The molecular weight excluding hydrogens is 407 g/mol. The summed E-state index contributed by atoms with van der Waals surface area (Å²) in [6.45, 7) is 0. The number of benzene rings is 1. The topological polar surface area (TPSA) is 84.0 Å². The van der Waals surface area contributed by atoms with Gasteiger partial charge >= 0.3 is 0 Å². The zero-order chi connectivity index (χ0) is 21.9. The van der Waals surface area contributed by atoms with E-state index in [4.69, 9.17) is 9.72 Å². The lowest BCUT2D eigenvalue weighted by molar-refractivity contribution is 0.386. The molecule has 32 heavy (non-hydrogen) atoms. The van der Waals surface area contributed by atoms with Gasteiger partial charge in [0.25, 0.3) is 0 Å². The first-order chi connectivity index (χ1) is 15.7. The van der Waals surface area contributed by atoms with E-state index in [0.717, 1.165) is 18.8 Å². The van der Waals surface area contributed by atoms with Gasteiger partial charge in [-0.3, -0.25) is 0 Å². The van der Waals surface area contributed by atoms with E-state index in [1.54, 1.807) is 12.1 Å². The van der Waals surface area contributed by atoms with Crippen LogP contribution < -0.4 is 20.7 Å². The summed E-state index contributed by atoms with van der Waals surface area (Å²) in [5.74, 6) is 2.90. The van der Waals surface area contributed by atoms with Crippen molar-refractivity contribution < 1.29 is 9.13 Å². The van der Waals surface area contributed by atoms with Crippen molar-refractivity contribution in [1.29, 1.82) is 0 Å². The molecule has 3 unspecified atom stereocenters. The Morgan fingerprint density at radius 2 is 1.62 bits per heavy atom. The van der Waals surface area contributed by atoms with E-state index in [2.05, 4.69) is 25.9 Å². The van der Waals surface area contributed by atoms with E-state index in [-0.39, 0.29) is 5.75 Å². The lowest BCUT2D eigenvalue weighted by atomic mass is 9.95. The Kier molecular flexibility index (Phi) is 6.28. The summed E-state index contributed by atoms with van der Waals surface area (Å²) in [6, 6.07) is 5.55. The molecule has 3 saturated carbocycles. The molecule has 172 valence electrons. The van der Waals surface area contributed by atoms with Gasteiger partial charge in [0, 0.05) is 23.8 Å². The third kappa shape index (κ3) is 4.89. The molecule has 1 aromatic carbocycles. The molecule has 2 aromatic rings. The lowest BCUT2D eigenvalue weighted by Gasteiger charge is -2.23. The van der Waals surface area contributed by atoms with E-state index >= 15 is 0 Å². The van der Waals surface area contributed by atoms with Crippen LogP contribution in [0.15, 0.2) is 18.2 Å². The van der Waals surface area contributed by atoms with Crippen molar-refractivity contribution in [1.82, 2.24) is 15.0 Å². The molecule has 7 nitrogen and oxygen atoms in total. The summed E-state index contributed by atoms with van der Waals surface area (Å²) in [4.78, 5) is 13.9. The lowest BCUT2D eigenvalue weighted by Crippen LogP contribution is -2.28. The predicted octanol–water partition coefficient (Wildman–Crippen LogP) is 5.50. The zero-order valence-corrected chi connectivity index (χ0v) is 18.7. The number of hydrogen-bond acceptors (Lipinski definition) is 7. The highest BCUT2D eigenvalue weighted by molar-refractivity contribution is 5.57. The number of nitrogens with one attached hydrogen (secondary N) is 3. The quantitative estimate of drug-likeness (QED) is 0.490. The molecule has 0 aliphatic heterocycles. The maximum absolute atomic E-state index is 14.2. The minimum atomic E-state index is -0.427. The Hall–Kier alpha value is -2.64. The van der Waals surface area contributed by atoms with Crippen LogP contribution in [-0.4, -0.2) is 34.1 Å². The van der Waals surface area contributed by atoms with Gasteiger partial charge in [0.2, 0.25) is 17.8 Å². The second-order valence-corrected chi connectivity index (χ2v) is 9.54. The molecule has 0 spiro atoms. The van der Waals surface area contributed by atoms with Crippen LogP contribution in [0.2, 0.25) is 0 Å². The Bertz CT molecular complexity index is 933. The average molecular weight is 441 g/mol. The van der Waals surface area contributed by atoms with Crippen LogP contribution in [0.25, 0.3) is 0 Å². The third-order valence-corrected chi connectivity index (χ3v) is 7.28. The van der Waals surface area contributed by atoms with E-state index in [9.17, 15) is 4.39 Å². The largest absolute Gasteiger partial charge is 0.494 e. The second kappa shape index (κ2) is 9.46. The van der Waals surface area contributed by atoms with Crippen LogP contribution in [0, 0.1) is 17.7 Å². The van der Waals surface area contributed by atoms with Crippen LogP contribution in [0.4, 0.5) is 27.9 Å². The van der Waals surface area contributed by atoms with Crippen LogP contribution in [0.1, 0.15) is 64.2 Å². The predicted molar refractivity (Wildman–Crippen MR) is 124 cm³/mol. The minimum Gasteiger partial charge on any atom is -0.494 e. The van der Waals surface area contributed by atoms with Crippen LogP contribution in [0.3, 0.4) is 0 Å². The van der Waals surface area contributed by atoms with Crippen molar-refractivity contribution in [3.05, 3.63) is 24.0 Å². The average Bonchev–Trinajstić information content (AvgIpc) is 3.30. The molecule has 0 radical (unpaired) electrons. The summed E-state index contributed by atoms with van der Waals surface area (Å²) >= 11 is 0. The van der Waals surface area contributed by atoms with E-state index in [0.29, 0.717) is 41.5 Å². The van der Waals surface area contributed by atoms with E-state index in [1.807, 2.05) is 0 Å². The Balaban J connectivity index is 1.37. The smallest absolute Gasteiger partial charge is 0.233 e. The zero-order valence-electron chi connectivity index (χ0n) is 18.7. The molecule has 3 aliphatic carbocycles. The van der Waals surface area contributed by atoms with Crippen molar-refractivity contribution in [2.75, 3.05) is 23.1 Å². The highest BCUT2D eigenvalue weighted by Gasteiger charge is 2.39. The Morgan fingerprint density at radius 3 is 2.28 bits per heavy atom. The van der Waals surface area contributed by atoms with Gasteiger partial charge in [0.1, 0.15) is 0 Å². The SMILES string of the molecule is COc1ccc(Nc2nc(NC3CCCCCC3)nc(NC3CC4CCC3C4)n2)cc1F. The summed E-state index contributed by atoms with van der Waals surface area (Å²) in [6.07, 6.45) is 12.5. The normalized spacial score (nSPS) is 25.4. The van der Waals surface area contributed by atoms with Gasteiger partial charge in [0.15, 0.2) is 11.6 Å². The van der Waals surface area contributed by atoms with Crippen molar-refractivity contribution in [2.24, 2.45) is 11.8 Å². The van der Waals surface area contributed by atoms with Gasteiger partial charge in [-0.1, -0.05) is 32.1 Å². The molecule has 3 N–H and O–H groups in total. The van der Waals surface area contributed by atoms with Crippen molar-refractivity contribution >= 4 is 23.5 Å². The first-order valence-corrected chi connectivity index (χ1v) is 12.1. The maximum Gasteiger partial charge on any atom is 0.233 e. The van der Waals surface area contributed by atoms with E-state index in [1.165, 1.54) is 64.5 Å². The molecule has 1 aromatic heterocycles. The molecule has 3 fully saturated rings. The molecular formula is C24H33FN6O. The number of aromatic nitrogens is 3. The molecule has 3 aliphatic rings. The molecule has 2 bridgehead atoms. The number of nitrogens with zero attached hydrogens (tertiary/aromatic N) is 3. The van der Waals surface area contributed by atoms with Crippen LogP contribution in [-0.2, 0) is 0 Å². The van der Waals surface area contributed by atoms with Gasteiger partial charge < -0.3 is 20.7 Å². The fourth-order valence-electron chi connectivity index (χ4n) is 5.63. The number of ether oxygens (including phenoxy) is 1. The minimum absolute atomic E-state index is 0.209. The van der Waals surface area contributed by atoms with Crippen molar-refractivity contribution in [2.45, 2.75) is 76.3 Å². The maximum atomic E-state index is 14.2. The fourth-order valence-corrected chi connectivity index (χ4v) is 5.63. The number of hydrogen-bond donors (Lipinski definition) is 3. The molecule has 8 heteroatoms. The summed E-state index contributed by atoms with van der Waals surface area (Å²) < 4.78 is 19.2. The summed E-state index contributed by atoms with van der Waals surface area (Å²) in [5.41, 5.74) is 0.570. The highest BCUT2D eigenvalue weighted by atomic mass is 19.1. The number of rotatable bonds is 7. The van der Waals surface area contributed by atoms with Gasteiger partial charge in [-0.25, -0.2) is 4.39 Å². The number of anilines is 4. The first-order valence-electron chi connectivity index (χ1n) is 12.1. The molecule has 0 saturated heterocycles. The van der Waals surface area contributed by atoms with Crippen molar-refractivity contribution in [3.63, 3.8) is 0 Å². The third-order valence-electron chi connectivity index (χ3n) is 7.28.